The van der Waals surface area contributed by atoms with Gasteiger partial charge in [-0.2, -0.15) is 0 Å². The summed E-state index contributed by atoms with van der Waals surface area (Å²) >= 11 is 3.31. The van der Waals surface area contributed by atoms with Gasteiger partial charge in [0.25, 0.3) is 0 Å². The van der Waals surface area contributed by atoms with E-state index in [-0.39, 0.29) is 11.7 Å². The standard InChI is InChI=1S/C11H14BrN3O2/c1-11(2,9(13)15-17)10(16)14-8-5-3-4-7(12)6-8/h3-6,17H,1-2H3,(H2,13,15)(H,14,16). The van der Waals surface area contributed by atoms with Crippen molar-refractivity contribution in [2.24, 2.45) is 16.3 Å². The van der Waals surface area contributed by atoms with Crippen LogP contribution < -0.4 is 11.1 Å². The Hall–Kier alpha value is -1.56. The molecule has 0 atom stereocenters. The number of anilines is 1. The van der Waals surface area contributed by atoms with Crippen molar-refractivity contribution < 1.29 is 10.0 Å². The van der Waals surface area contributed by atoms with Crippen LogP contribution in [0.25, 0.3) is 0 Å². The number of rotatable bonds is 3. The number of amides is 1. The zero-order valence-corrected chi connectivity index (χ0v) is 11.2. The molecule has 1 aromatic carbocycles. The minimum atomic E-state index is -1.07. The quantitative estimate of drug-likeness (QED) is 0.346. The Morgan fingerprint density at radius 3 is 2.71 bits per heavy atom. The van der Waals surface area contributed by atoms with Crippen molar-refractivity contribution in [1.82, 2.24) is 0 Å². The van der Waals surface area contributed by atoms with Crippen LogP contribution in [0.15, 0.2) is 33.9 Å². The molecule has 0 aromatic heterocycles. The van der Waals surface area contributed by atoms with Crippen molar-refractivity contribution in [3.8, 4) is 0 Å². The molecule has 6 heteroatoms. The van der Waals surface area contributed by atoms with Gasteiger partial charge in [-0.1, -0.05) is 27.2 Å². The second-order valence-corrected chi connectivity index (χ2v) is 4.99. The van der Waals surface area contributed by atoms with Crippen LogP contribution in [0.3, 0.4) is 0 Å². The molecule has 0 unspecified atom stereocenters. The molecule has 17 heavy (non-hydrogen) atoms. The summed E-state index contributed by atoms with van der Waals surface area (Å²) in [5, 5.41) is 14.2. The Kier molecular flexibility index (Phi) is 4.11. The third-order valence-corrected chi connectivity index (χ3v) is 2.89. The lowest BCUT2D eigenvalue weighted by atomic mass is 9.91. The molecule has 0 aliphatic rings. The van der Waals surface area contributed by atoms with E-state index >= 15 is 0 Å². The number of carbonyl (C=O) groups excluding carboxylic acids is 1. The highest BCUT2D eigenvalue weighted by molar-refractivity contribution is 9.10. The lowest BCUT2D eigenvalue weighted by molar-refractivity contribution is -0.121. The molecule has 0 bridgehead atoms. The Bertz CT molecular complexity index is 458. The predicted octanol–water partition coefficient (Wildman–Crippen LogP) is 2.16. The largest absolute Gasteiger partial charge is 0.409 e. The van der Waals surface area contributed by atoms with Crippen molar-refractivity contribution in [1.29, 1.82) is 0 Å². The maximum absolute atomic E-state index is 11.9. The van der Waals surface area contributed by atoms with Gasteiger partial charge in [0, 0.05) is 10.2 Å². The van der Waals surface area contributed by atoms with Gasteiger partial charge in [0.1, 0.15) is 5.41 Å². The first-order chi connectivity index (χ1) is 7.87. The summed E-state index contributed by atoms with van der Waals surface area (Å²) in [6, 6.07) is 7.17. The molecule has 1 rings (SSSR count). The van der Waals surface area contributed by atoms with Crippen LogP contribution in [0.5, 0.6) is 0 Å². The summed E-state index contributed by atoms with van der Waals surface area (Å²) in [5.41, 5.74) is 5.03. The SMILES string of the molecule is CC(C)(C(=O)Nc1cccc(Br)c1)C(N)=NO. The first-order valence-corrected chi connectivity index (χ1v) is 5.72. The molecular formula is C11H14BrN3O2. The second kappa shape index (κ2) is 5.18. The summed E-state index contributed by atoms with van der Waals surface area (Å²) < 4.78 is 0.858. The van der Waals surface area contributed by atoms with Crippen LogP contribution in [-0.4, -0.2) is 17.0 Å². The van der Waals surface area contributed by atoms with Gasteiger partial charge in [0.05, 0.1) is 0 Å². The van der Waals surface area contributed by atoms with E-state index in [1.165, 1.54) is 0 Å². The molecule has 0 aliphatic heterocycles. The summed E-state index contributed by atoms with van der Waals surface area (Å²) in [6.45, 7) is 3.16. The lowest BCUT2D eigenvalue weighted by Gasteiger charge is -2.21. The highest BCUT2D eigenvalue weighted by Gasteiger charge is 2.32. The van der Waals surface area contributed by atoms with Gasteiger partial charge in [-0.25, -0.2) is 0 Å². The predicted molar refractivity (Wildman–Crippen MR) is 70.0 cm³/mol. The number of hydrogen-bond acceptors (Lipinski definition) is 3. The topological polar surface area (TPSA) is 87.7 Å². The number of nitrogens with one attached hydrogen (secondary N) is 1. The van der Waals surface area contributed by atoms with Gasteiger partial charge in [0.2, 0.25) is 5.91 Å². The van der Waals surface area contributed by atoms with E-state index in [1.54, 1.807) is 32.0 Å². The van der Waals surface area contributed by atoms with E-state index in [9.17, 15) is 4.79 Å². The van der Waals surface area contributed by atoms with E-state index in [4.69, 9.17) is 10.9 Å². The average Bonchev–Trinajstić information content (AvgIpc) is 2.27. The fourth-order valence-electron chi connectivity index (χ4n) is 1.09. The second-order valence-electron chi connectivity index (χ2n) is 4.07. The molecule has 92 valence electrons. The Morgan fingerprint density at radius 2 is 2.18 bits per heavy atom. The van der Waals surface area contributed by atoms with E-state index in [0.717, 1.165) is 4.47 Å². The van der Waals surface area contributed by atoms with Gasteiger partial charge in [-0.3, -0.25) is 4.79 Å². The van der Waals surface area contributed by atoms with Crippen molar-refractivity contribution in [2.45, 2.75) is 13.8 Å². The zero-order valence-electron chi connectivity index (χ0n) is 9.57. The summed E-state index contributed by atoms with van der Waals surface area (Å²) in [5.74, 6) is -0.476. The fourth-order valence-corrected chi connectivity index (χ4v) is 1.49. The number of nitrogens with two attached hydrogens (primary N) is 1. The molecule has 0 radical (unpaired) electrons. The number of carbonyl (C=O) groups is 1. The Morgan fingerprint density at radius 1 is 1.53 bits per heavy atom. The lowest BCUT2D eigenvalue weighted by Crippen LogP contribution is -2.42. The molecule has 4 N–H and O–H groups in total. The molecule has 1 amide bonds. The molecule has 0 heterocycles. The normalized spacial score (nSPS) is 12.3. The monoisotopic (exact) mass is 299 g/mol. The maximum Gasteiger partial charge on any atom is 0.237 e. The van der Waals surface area contributed by atoms with Crippen LogP contribution in [0.2, 0.25) is 0 Å². The summed E-state index contributed by atoms with van der Waals surface area (Å²) in [4.78, 5) is 11.9. The third-order valence-electron chi connectivity index (χ3n) is 2.40. The van der Waals surface area contributed by atoms with Crippen LogP contribution in [0.1, 0.15) is 13.8 Å². The summed E-state index contributed by atoms with van der Waals surface area (Å²) in [6.07, 6.45) is 0. The minimum Gasteiger partial charge on any atom is -0.409 e. The molecule has 0 fully saturated rings. The molecule has 0 saturated carbocycles. The highest BCUT2D eigenvalue weighted by atomic mass is 79.9. The Labute approximate surface area is 108 Å². The van der Waals surface area contributed by atoms with Gasteiger partial charge >= 0.3 is 0 Å². The zero-order chi connectivity index (χ0) is 13.1. The van der Waals surface area contributed by atoms with Crippen molar-refractivity contribution in [3.05, 3.63) is 28.7 Å². The molecule has 0 spiro atoms. The minimum absolute atomic E-state index is 0.134. The fraction of sp³-hybridized carbons (Fsp3) is 0.273. The molecular weight excluding hydrogens is 286 g/mol. The first-order valence-electron chi connectivity index (χ1n) is 4.93. The van der Waals surface area contributed by atoms with Gasteiger partial charge in [0.15, 0.2) is 5.84 Å². The van der Waals surface area contributed by atoms with Gasteiger partial charge in [-0.05, 0) is 32.0 Å². The summed E-state index contributed by atoms with van der Waals surface area (Å²) in [7, 11) is 0. The number of benzene rings is 1. The van der Waals surface area contributed by atoms with Crippen molar-refractivity contribution in [2.75, 3.05) is 5.32 Å². The molecule has 0 aliphatic carbocycles. The van der Waals surface area contributed by atoms with E-state index in [0.29, 0.717) is 5.69 Å². The molecule has 5 nitrogen and oxygen atoms in total. The number of hydrogen-bond donors (Lipinski definition) is 3. The molecule has 1 aromatic rings. The average molecular weight is 300 g/mol. The van der Waals surface area contributed by atoms with Crippen molar-refractivity contribution in [3.63, 3.8) is 0 Å². The first kappa shape index (κ1) is 13.5. The molecule has 0 saturated heterocycles. The van der Waals surface area contributed by atoms with E-state index in [2.05, 4.69) is 26.4 Å². The van der Waals surface area contributed by atoms with Gasteiger partial charge < -0.3 is 16.3 Å². The van der Waals surface area contributed by atoms with Crippen LogP contribution in [0, 0.1) is 5.41 Å². The van der Waals surface area contributed by atoms with E-state index < -0.39 is 5.41 Å². The highest BCUT2D eigenvalue weighted by Crippen LogP contribution is 2.21. The van der Waals surface area contributed by atoms with Crippen molar-refractivity contribution >= 4 is 33.4 Å². The van der Waals surface area contributed by atoms with Crippen LogP contribution in [-0.2, 0) is 4.79 Å². The number of nitrogens with zero attached hydrogens (tertiary/aromatic N) is 1. The Balaban J connectivity index is 2.86. The van der Waals surface area contributed by atoms with E-state index in [1.807, 2.05) is 6.07 Å². The third kappa shape index (κ3) is 3.20. The van der Waals surface area contributed by atoms with Crippen LogP contribution in [0.4, 0.5) is 5.69 Å². The van der Waals surface area contributed by atoms with Gasteiger partial charge in [-0.15, -0.1) is 0 Å². The van der Waals surface area contributed by atoms with Crippen LogP contribution >= 0.6 is 15.9 Å². The smallest absolute Gasteiger partial charge is 0.237 e. The number of halogens is 1. The number of amidine groups is 1. The number of oxime groups is 1. The maximum atomic E-state index is 11.9.